The van der Waals surface area contributed by atoms with Gasteiger partial charge in [-0.1, -0.05) is 43.3 Å². The van der Waals surface area contributed by atoms with Crippen LogP contribution in [0.25, 0.3) is 10.2 Å². The number of fused-ring (bicyclic) bond motifs is 1. The molecule has 0 radical (unpaired) electrons. The molecule has 0 aliphatic rings. The highest BCUT2D eigenvalue weighted by atomic mass is 32.1. The van der Waals surface area contributed by atoms with Crippen LogP contribution in [0.5, 0.6) is 0 Å². The summed E-state index contributed by atoms with van der Waals surface area (Å²) < 4.78 is 29.9. The summed E-state index contributed by atoms with van der Waals surface area (Å²) in [6, 6.07) is 15.1. The fourth-order valence-corrected chi connectivity index (χ4v) is 5.05. The smallest absolute Gasteiger partial charge is 0.262 e. The molecule has 2 aromatic carbocycles. The van der Waals surface area contributed by atoms with Crippen molar-refractivity contribution < 1.29 is 8.78 Å². The molecule has 2 aromatic heterocycles. The van der Waals surface area contributed by atoms with E-state index in [1.54, 1.807) is 4.57 Å². The molecule has 0 N–H and O–H groups in total. The molecule has 0 spiro atoms. The van der Waals surface area contributed by atoms with Gasteiger partial charge in [-0.2, -0.15) is 0 Å². The molecule has 1 unspecified atom stereocenters. The third-order valence-corrected chi connectivity index (χ3v) is 6.95. The van der Waals surface area contributed by atoms with Crippen LogP contribution in [0.15, 0.2) is 64.8 Å². The van der Waals surface area contributed by atoms with Crippen LogP contribution in [0, 0.1) is 11.6 Å². The summed E-state index contributed by atoms with van der Waals surface area (Å²) in [6.45, 7) is 4.10. The highest BCUT2D eigenvalue weighted by Crippen LogP contribution is 2.28. The highest BCUT2D eigenvalue weighted by Gasteiger charge is 2.26. The number of benzene rings is 2. The molecule has 0 fully saturated rings. The summed E-state index contributed by atoms with van der Waals surface area (Å²) in [7, 11) is 3.97. The molecule has 0 aliphatic heterocycles. The number of halogens is 2. The molecule has 184 valence electrons. The molecule has 0 bridgehead atoms. The minimum absolute atomic E-state index is 0.0749. The number of hydrogen-bond acceptors (Lipinski definition) is 5. The van der Waals surface area contributed by atoms with Crippen LogP contribution in [0.2, 0.25) is 0 Å². The quantitative estimate of drug-likeness (QED) is 0.299. The Morgan fingerprint density at radius 3 is 2.51 bits per heavy atom. The summed E-state index contributed by atoms with van der Waals surface area (Å²) >= 11 is 1.44. The van der Waals surface area contributed by atoms with E-state index >= 15 is 0 Å². The van der Waals surface area contributed by atoms with Crippen LogP contribution >= 0.6 is 11.3 Å². The highest BCUT2D eigenvalue weighted by molar-refractivity contribution is 7.16. The van der Waals surface area contributed by atoms with Crippen LogP contribution in [0.4, 0.5) is 8.78 Å². The van der Waals surface area contributed by atoms with Crippen molar-refractivity contribution in [2.24, 2.45) is 0 Å². The molecule has 1 atom stereocenters. The normalized spacial score (nSPS) is 12.7. The second-order valence-corrected chi connectivity index (χ2v) is 9.81. The number of nitrogens with zero attached hydrogens (tertiary/aromatic N) is 4. The minimum Gasteiger partial charge on any atom is -0.308 e. The average Bonchev–Trinajstić information content (AvgIpc) is 3.31. The SMILES string of the molecule is CCC(c1nc2sccc2c(=O)n1Cc1ccccc1)N(CCN(C)C)Cc1ccc(F)cc1F. The van der Waals surface area contributed by atoms with Crippen molar-refractivity contribution in [3.05, 3.63) is 98.9 Å². The first kappa shape index (κ1) is 25.2. The van der Waals surface area contributed by atoms with Crippen molar-refractivity contribution in [1.82, 2.24) is 19.4 Å². The fraction of sp³-hybridized carbons (Fsp3) is 0.333. The zero-order valence-electron chi connectivity index (χ0n) is 20.2. The number of thiophene rings is 1. The Bertz CT molecular complexity index is 1340. The Labute approximate surface area is 208 Å². The molecule has 0 saturated heterocycles. The van der Waals surface area contributed by atoms with Gasteiger partial charge in [0.15, 0.2) is 0 Å². The Balaban J connectivity index is 1.80. The summed E-state index contributed by atoms with van der Waals surface area (Å²) in [4.78, 5) is 23.4. The Morgan fingerprint density at radius 1 is 1.06 bits per heavy atom. The number of hydrogen-bond donors (Lipinski definition) is 0. The maximum absolute atomic E-state index is 14.6. The lowest BCUT2D eigenvalue weighted by Gasteiger charge is -2.33. The second kappa shape index (κ2) is 11.2. The van der Waals surface area contributed by atoms with E-state index in [9.17, 15) is 13.6 Å². The molecule has 2 heterocycles. The molecule has 35 heavy (non-hydrogen) atoms. The van der Waals surface area contributed by atoms with Crippen molar-refractivity contribution in [3.63, 3.8) is 0 Å². The van der Waals surface area contributed by atoms with Crippen LogP contribution in [-0.4, -0.2) is 46.5 Å². The van der Waals surface area contributed by atoms with Crippen molar-refractivity contribution in [2.75, 3.05) is 27.2 Å². The van der Waals surface area contributed by atoms with Crippen molar-refractivity contribution in [3.8, 4) is 0 Å². The average molecular weight is 497 g/mol. The van der Waals surface area contributed by atoms with Gasteiger partial charge in [-0.15, -0.1) is 11.3 Å². The molecular weight excluding hydrogens is 466 g/mol. The maximum Gasteiger partial charge on any atom is 0.262 e. The first-order chi connectivity index (χ1) is 16.9. The molecule has 0 amide bonds. The van der Waals surface area contributed by atoms with Crippen molar-refractivity contribution >= 4 is 21.6 Å². The Hall–Kier alpha value is -2.94. The molecular formula is C27H30F2N4OS. The zero-order valence-corrected chi connectivity index (χ0v) is 21.1. The van der Waals surface area contributed by atoms with Crippen molar-refractivity contribution in [1.29, 1.82) is 0 Å². The largest absolute Gasteiger partial charge is 0.308 e. The fourth-order valence-electron chi connectivity index (χ4n) is 4.28. The van der Waals surface area contributed by atoms with Crippen LogP contribution < -0.4 is 5.56 Å². The van der Waals surface area contributed by atoms with Gasteiger partial charge >= 0.3 is 0 Å². The van der Waals surface area contributed by atoms with Crippen LogP contribution in [0.3, 0.4) is 0 Å². The second-order valence-electron chi connectivity index (χ2n) is 8.92. The summed E-state index contributed by atoms with van der Waals surface area (Å²) in [5.41, 5.74) is 1.35. The van der Waals surface area contributed by atoms with Crippen LogP contribution in [0.1, 0.15) is 36.3 Å². The summed E-state index contributed by atoms with van der Waals surface area (Å²) in [5, 5.41) is 2.49. The van der Waals surface area contributed by atoms with Gasteiger partial charge in [0.1, 0.15) is 22.3 Å². The first-order valence-corrected chi connectivity index (χ1v) is 12.6. The van der Waals surface area contributed by atoms with E-state index in [4.69, 9.17) is 4.98 Å². The number of likely N-dealkylation sites (N-methyl/N-ethyl adjacent to an activating group) is 1. The summed E-state index contributed by atoms with van der Waals surface area (Å²) in [5.74, 6) is -0.504. The van der Waals surface area contributed by atoms with Crippen molar-refractivity contribution in [2.45, 2.75) is 32.5 Å². The van der Waals surface area contributed by atoms with Gasteiger partial charge in [0.25, 0.3) is 5.56 Å². The van der Waals surface area contributed by atoms with Gasteiger partial charge in [-0.05, 0) is 43.6 Å². The van der Waals surface area contributed by atoms with Gasteiger partial charge in [0.05, 0.1) is 18.0 Å². The third kappa shape index (κ3) is 5.83. The van der Waals surface area contributed by atoms with E-state index < -0.39 is 11.6 Å². The van der Waals surface area contributed by atoms with Gasteiger partial charge in [-0.3, -0.25) is 14.3 Å². The number of rotatable bonds is 10. The zero-order chi connectivity index (χ0) is 24.9. The lowest BCUT2D eigenvalue weighted by molar-refractivity contribution is 0.154. The predicted molar refractivity (Wildman–Crippen MR) is 138 cm³/mol. The third-order valence-electron chi connectivity index (χ3n) is 6.14. The standard InChI is InChI=1S/C27H30F2N4OS/c1-4-24(32(14-13-31(2)3)18-20-10-11-21(28)16-23(20)29)25-30-26-22(12-15-35-26)27(34)33(25)17-19-8-6-5-7-9-19/h5-12,15-16,24H,4,13-14,17-18H2,1-3H3. The molecule has 0 saturated carbocycles. The van der Waals surface area contributed by atoms with Gasteiger partial charge in [-0.25, -0.2) is 13.8 Å². The van der Waals surface area contributed by atoms with E-state index in [-0.39, 0.29) is 18.1 Å². The molecule has 5 nitrogen and oxygen atoms in total. The molecule has 4 rings (SSSR count). The molecule has 4 aromatic rings. The lowest BCUT2D eigenvalue weighted by atomic mass is 10.1. The Morgan fingerprint density at radius 2 is 1.83 bits per heavy atom. The maximum atomic E-state index is 14.6. The van der Waals surface area contributed by atoms with E-state index in [2.05, 4.69) is 9.80 Å². The minimum atomic E-state index is -0.598. The first-order valence-electron chi connectivity index (χ1n) is 11.7. The van der Waals surface area contributed by atoms with E-state index in [0.29, 0.717) is 41.1 Å². The predicted octanol–water partition coefficient (Wildman–Crippen LogP) is 5.30. The number of aromatic nitrogens is 2. The van der Waals surface area contributed by atoms with Gasteiger partial charge < -0.3 is 4.90 Å². The van der Waals surface area contributed by atoms with Gasteiger partial charge in [0, 0.05) is 31.3 Å². The van der Waals surface area contributed by atoms with E-state index in [1.807, 2.05) is 62.8 Å². The van der Waals surface area contributed by atoms with Crippen LogP contribution in [-0.2, 0) is 13.1 Å². The molecule has 8 heteroatoms. The van der Waals surface area contributed by atoms with E-state index in [1.165, 1.54) is 23.5 Å². The topological polar surface area (TPSA) is 41.4 Å². The Kier molecular flexibility index (Phi) is 8.05. The molecule has 0 aliphatic carbocycles. The van der Waals surface area contributed by atoms with E-state index in [0.717, 1.165) is 18.2 Å². The summed E-state index contributed by atoms with van der Waals surface area (Å²) in [6.07, 6.45) is 0.675. The lowest BCUT2D eigenvalue weighted by Crippen LogP contribution is -2.38. The monoisotopic (exact) mass is 496 g/mol. The van der Waals surface area contributed by atoms with Gasteiger partial charge in [0.2, 0.25) is 0 Å².